The summed E-state index contributed by atoms with van der Waals surface area (Å²) in [6, 6.07) is -0.526. The summed E-state index contributed by atoms with van der Waals surface area (Å²) in [7, 11) is 0. The number of carbonyl (C=O) groups excluding carboxylic acids is 1. The molecule has 0 aromatic carbocycles. The number of hydrogen-bond donors (Lipinski definition) is 4. The van der Waals surface area contributed by atoms with Crippen LogP contribution in [0.3, 0.4) is 0 Å². The van der Waals surface area contributed by atoms with Crippen molar-refractivity contribution in [2.24, 2.45) is 5.73 Å². The number of aromatic nitrogens is 2. The Kier molecular flexibility index (Phi) is 5.69. The summed E-state index contributed by atoms with van der Waals surface area (Å²) in [5.74, 6) is 1.59. The maximum absolute atomic E-state index is 10.5. The second-order valence-electron chi connectivity index (χ2n) is 3.84. The Morgan fingerprint density at radius 3 is 2.39 bits per heavy atom. The van der Waals surface area contributed by atoms with E-state index in [2.05, 4.69) is 32.8 Å². The normalized spacial score (nSPS) is 9.89. The summed E-state index contributed by atoms with van der Waals surface area (Å²) in [5.41, 5.74) is 5.93. The van der Waals surface area contributed by atoms with E-state index >= 15 is 0 Å². The topological polar surface area (TPSA) is 105 Å². The third-order valence-electron chi connectivity index (χ3n) is 2.34. The molecule has 7 nitrogen and oxygen atoms in total. The van der Waals surface area contributed by atoms with Crippen molar-refractivity contribution >= 4 is 17.7 Å². The number of nitrogens with one attached hydrogen (secondary N) is 3. The maximum atomic E-state index is 10.5. The highest BCUT2D eigenvalue weighted by Gasteiger charge is 2.05. The van der Waals surface area contributed by atoms with Gasteiger partial charge in [0.25, 0.3) is 0 Å². The first-order valence-corrected chi connectivity index (χ1v) is 5.97. The summed E-state index contributed by atoms with van der Waals surface area (Å²) in [5, 5.41) is 8.86. The molecule has 0 aliphatic rings. The Bertz CT molecular complexity index is 395. The number of urea groups is 1. The highest BCUT2D eigenvalue weighted by atomic mass is 16.2. The Balaban J connectivity index is 2.52. The number of nitrogens with zero attached hydrogens (tertiary/aromatic N) is 2. The smallest absolute Gasteiger partial charge is 0.312 e. The number of nitrogens with two attached hydrogens (primary N) is 1. The first kappa shape index (κ1) is 14.0. The predicted molar refractivity (Wildman–Crippen MR) is 71.6 cm³/mol. The molecule has 1 rings (SSSR count). The molecule has 0 spiro atoms. The minimum atomic E-state index is -0.526. The van der Waals surface area contributed by atoms with E-state index in [9.17, 15) is 4.79 Å². The number of hydrogen-bond acceptors (Lipinski definition) is 5. The lowest BCUT2D eigenvalue weighted by molar-refractivity contribution is 0.249. The molecule has 1 heterocycles. The van der Waals surface area contributed by atoms with E-state index in [1.54, 1.807) is 0 Å². The van der Waals surface area contributed by atoms with Crippen molar-refractivity contribution in [1.29, 1.82) is 0 Å². The zero-order valence-electron chi connectivity index (χ0n) is 10.8. The fourth-order valence-electron chi connectivity index (χ4n) is 1.42. The van der Waals surface area contributed by atoms with Gasteiger partial charge in [-0.05, 0) is 13.3 Å². The molecule has 18 heavy (non-hydrogen) atoms. The van der Waals surface area contributed by atoms with E-state index in [1.807, 2.05) is 6.92 Å². The van der Waals surface area contributed by atoms with E-state index in [0.29, 0.717) is 13.1 Å². The van der Waals surface area contributed by atoms with Gasteiger partial charge in [-0.1, -0.05) is 6.92 Å². The van der Waals surface area contributed by atoms with E-state index in [1.165, 1.54) is 6.33 Å². The van der Waals surface area contributed by atoms with Crippen molar-refractivity contribution < 1.29 is 4.79 Å². The number of primary amides is 1. The van der Waals surface area contributed by atoms with Gasteiger partial charge < -0.3 is 21.7 Å². The van der Waals surface area contributed by atoms with Crippen LogP contribution in [-0.4, -0.2) is 35.6 Å². The van der Waals surface area contributed by atoms with Crippen molar-refractivity contribution in [2.75, 3.05) is 30.3 Å². The Morgan fingerprint density at radius 1 is 1.22 bits per heavy atom. The average Bonchev–Trinajstić information content (AvgIpc) is 2.34. The summed E-state index contributed by atoms with van der Waals surface area (Å²) in [6.45, 7) is 5.94. The van der Waals surface area contributed by atoms with E-state index < -0.39 is 6.03 Å². The van der Waals surface area contributed by atoms with Crippen molar-refractivity contribution in [3.8, 4) is 0 Å². The van der Waals surface area contributed by atoms with Crippen molar-refractivity contribution in [1.82, 2.24) is 15.3 Å². The average molecular weight is 252 g/mol. The lowest BCUT2D eigenvalue weighted by Crippen LogP contribution is -2.33. The summed E-state index contributed by atoms with van der Waals surface area (Å²) < 4.78 is 0. The molecular formula is C11H20N6O. The maximum Gasteiger partial charge on any atom is 0.312 e. The molecule has 2 amide bonds. The van der Waals surface area contributed by atoms with Gasteiger partial charge >= 0.3 is 6.03 Å². The molecule has 0 atom stereocenters. The first-order chi connectivity index (χ1) is 8.65. The van der Waals surface area contributed by atoms with Gasteiger partial charge in [0, 0.05) is 25.2 Å². The van der Waals surface area contributed by atoms with Crippen LogP contribution in [0.15, 0.2) is 6.33 Å². The zero-order valence-corrected chi connectivity index (χ0v) is 10.8. The van der Waals surface area contributed by atoms with Crippen LogP contribution in [0.5, 0.6) is 0 Å². The molecule has 0 saturated carbocycles. The zero-order chi connectivity index (χ0) is 13.4. The quantitative estimate of drug-likeness (QED) is 0.534. The van der Waals surface area contributed by atoms with Crippen molar-refractivity contribution in [3.63, 3.8) is 0 Å². The highest BCUT2D eigenvalue weighted by Crippen LogP contribution is 2.17. The minimum Gasteiger partial charge on any atom is -0.370 e. The molecule has 100 valence electrons. The lowest BCUT2D eigenvalue weighted by atomic mass is 10.3. The van der Waals surface area contributed by atoms with E-state index in [0.717, 1.165) is 30.2 Å². The van der Waals surface area contributed by atoms with Gasteiger partial charge in [0.1, 0.15) is 18.0 Å². The van der Waals surface area contributed by atoms with Crippen LogP contribution in [0.1, 0.15) is 18.9 Å². The third-order valence-corrected chi connectivity index (χ3v) is 2.34. The molecule has 0 fully saturated rings. The van der Waals surface area contributed by atoms with Crippen molar-refractivity contribution in [3.05, 3.63) is 11.9 Å². The van der Waals surface area contributed by atoms with Gasteiger partial charge in [0.05, 0.1) is 0 Å². The highest BCUT2D eigenvalue weighted by molar-refractivity contribution is 5.71. The van der Waals surface area contributed by atoms with Crippen LogP contribution >= 0.6 is 0 Å². The lowest BCUT2D eigenvalue weighted by Gasteiger charge is -2.12. The molecule has 0 aliphatic heterocycles. The van der Waals surface area contributed by atoms with Crippen LogP contribution in [-0.2, 0) is 0 Å². The summed E-state index contributed by atoms with van der Waals surface area (Å²) >= 11 is 0. The monoisotopic (exact) mass is 252 g/mol. The standard InChI is InChI=1S/C11H20N6O/c1-3-4-13-9-8(2)10(17-7-16-9)14-5-6-15-11(12)18/h7H,3-6H2,1-2H3,(H3,12,15,18)(H2,13,14,16,17). The molecule has 0 radical (unpaired) electrons. The predicted octanol–water partition coefficient (Wildman–Crippen LogP) is 0.687. The second kappa shape index (κ2) is 7.31. The Morgan fingerprint density at radius 2 is 1.83 bits per heavy atom. The van der Waals surface area contributed by atoms with Gasteiger partial charge in [-0.15, -0.1) is 0 Å². The SMILES string of the molecule is CCCNc1ncnc(NCCNC(N)=O)c1C. The summed E-state index contributed by atoms with van der Waals surface area (Å²) in [4.78, 5) is 18.8. The molecule has 1 aromatic heterocycles. The second-order valence-corrected chi connectivity index (χ2v) is 3.84. The number of rotatable bonds is 7. The van der Waals surface area contributed by atoms with E-state index in [-0.39, 0.29) is 0 Å². The van der Waals surface area contributed by atoms with E-state index in [4.69, 9.17) is 5.73 Å². The molecule has 5 N–H and O–H groups in total. The first-order valence-electron chi connectivity index (χ1n) is 5.97. The molecule has 0 aliphatic carbocycles. The van der Waals surface area contributed by atoms with Crippen LogP contribution in [0, 0.1) is 6.92 Å². The fourth-order valence-corrected chi connectivity index (χ4v) is 1.42. The number of carbonyl (C=O) groups is 1. The summed E-state index contributed by atoms with van der Waals surface area (Å²) in [6.07, 6.45) is 2.55. The molecule has 7 heteroatoms. The molecule has 0 unspecified atom stereocenters. The van der Waals surface area contributed by atoms with Crippen LogP contribution < -0.4 is 21.7 Å². The van der Waals surface area contributed by atoms with Gasteiger partial charge in [0.15, 0.2) is 0 Å². The van der Waals surface area contributed by atoms with Crippen LogP contribution in [0.25, 0.3) is 0 Å². The number of anilines is 2. The molecule has 1 aromatic rings. The largest absolute Gasteiger partial charge is 0.370 e. The Labute approximate surface area is 107 Å². The van der Waals surface area contributed by atoms with Crippen LogP contribution in [0.2, 0.25) is 0 Å². The van der Waals surface area contributed by atoms with Gasteiger partial charge in [-0.25, -0.2) is 14.8 Å². The van der Waals surface area contributed by atoms with Gasteiger partial charge in [-0.3, -0.25) is 0 Å². The third kappa shape index (κ3) is 4.44. The molecular weight excluding hydrogens is 232 g/mol. The molecule has 0 saturated heterocycles. The Hall–Kier alpha value is -2.05. The minimum absolute atomic E-state index is 0.455. The van der Waals surface area contributed by atoms with Gasteiger partial charge in [0.2, 0.25) is 0 Å². The van der Waals surface area contributed by atoms with Gasteiger partial charge in [-0.2, -0.15) is 0 Å². The fraction of sp³-hybridized carbons (Fsp3) is 0.545. The van der Waals surface area contributed by atoms with Crippen LogP contribution in [0.4, 0.5) is 16.4 Å². The van der Waals surface area contributed by atoms with Crippen molar-refractivity contribution in [2.45, 2.75) is 20.3 Å². The number of amides is 2. The molecule has 0 bridgehead atoms.